The van der Waals surface area contributed by atoms with Crippen LogP contribution < -0.4 is 21.7 Å². The average Bonchev–Trinajstić information content (AvgIpc) is 3.22. The zero-order chi connectivity index (χ0) is 26.1. The van der Waals surface area contributed by atoms with Crippen molar-refractivity contribution in [2.45, 2.75) is 51.2 Å². The number of carboxylic acid groups (broad SMARTS) is 2. The van der Waals surface area contributed by atoms with Gasteiger partial charge in [0.2, 0.25) is 17.7 Å². The van der Waals surface area contributed by atoms with Crippen molar-refractivity contribution in [2.75, 3.05) is 6.54 Å². The number of fused-ring (bicyclic) bond motifs is 1. The van der Waals surface area contributed by atoms with Crippen molar-refractivity contribution in [2.24, 2.45) is 11.7 Å². The van der Waals surface area contributed by atoms with E-state index in [0.29, 0.717) is 12.0 Å². The molecule has 4 unspecified atom stereocenters. The van der Waals surface area contributed by atoms with E-state index in [1.165, 1.54) is 0 Å². The van der Waals surface area contributed by atoms with Crippen LogP contribution in [0.3, 0.4) is 0 Å². The average molecular weight is 490 g/mol. The summed E-state index contributed by atoms with van der Waals surface area (Å²) in [5.74, 6) is -5.03. The molecule has 2 aromatic rings. The number of rotatable bonds is 13. The summed E-state index contributed by atoms with van der Waals surface area (Å²) >= 11 is 0. The molecule has 0 aliphatic rings. The minimum absolute atomic E-state index is 0.0331. The van der Waals surface area contributed by atoms with E-state index in [2.05, 4.69) is 20.9 Å². The number of carboxylic acids is 2. The van der Waals surface area contributed by atoms with Crippen molar-refractivity contribution in [1.29, 1.82) is 0 Å². The number of nitrogens with two attached hydrogens (primary N) is 1. The number of benzene rings is 1. The quantitative estimate of drug-likeness (QED) is 0.199. The number of H-pyrrole nitrogens is 1. The fraction of sp³-hybridized carbons (Fsp3) is 0.435. The summed E-state index contributed by atoms with van der Waals surface area (Å²) in [5.41, 5.74) is 7.20. The molecule has 190 valence electrons. The van der Waals surface area contributed by atoms with Crippen molar-refractivity contribution in [3.63, 3.8) is 0 Å². The van der Waals surface area contributed by atoms with Gasteiger partial charge in [0.1, 0.15) is 18.6 Å². The van der Waals surface area contributed by atoms with Crippen molar-refractivity contribution >= 4 is 40.6 Å². The molecule has 1 aromatic carbocycles. The minimum atomic E-state index is -1.38. The van der Waals surface area contributed by atoms with E-state index >= 15 is 0 Å². The standard InChI is InChI=1S/C23H31N5O7/c1-3-12(2)20(23(35)26-11-19(31)32)28-22(34)17(27-21(33)15(24)9-18(29)30)8-13-10-25-16-7-5-4-6-14(13)16/h4-7,10,12,15,17,20,25H,3,8-9,11,24H2,1-2H3,(H,26,35)(H,27,33)(H,28,34)(H,29,30)(H,31,32). The van der Waals surface area contributed by atoms with Crippen LogP contribution in [0.4, 0.5) is 0 Å². The van der Waals surface area contributed by atoms with Crippen molar-refractivity contribution in [3.05, 3.63) is 36.0 Å². The maximum atomic E-state index is 13.3. The molecule has 0 spiro atoms. The first-order chi connectivity index (χ1) is 16.5. The number of aromatic nitrogens is 1. The Morgan fingerprint density at radius 1 is 1.00 bits per heavy atom. The number of para-hydroxylation sites is 1. The van der Waals surface area contributed by atoms with Crippen LogP contribution in [0.1, 0.15) is 32.3 Å². The number of nitrogens with one attached hydrogen (secondary N) is 4. The number of carbonyl (C=O) groups is 5. The highest BCUT2D eigenvalue weighted by atomic mass is 16.4. The van der Waals surface area contributed by atoms with Gasteiger partial charge >= 0.3 is 11.9 Å². The topological polar surface area (TPSA) is 204 Å². The molecule has 0 aliphatic heterocycles. The Hall–Kier alpha value is -3.93. The van der Waals surface area contributed by atoms with E-state index in [-0.39, 0.29) is 12.3 Å². The molecule has 0 bridgehead atoms. The molecule has 3 amide bonds. The lowest BCUT2D eigenvalue weighted by atomic mass is 9.97. The fourth-order valence-corrected chi connectivity index (χ4v) is 3.52. The zero-order valence-corrected chi connectivity index (χ0v) is 19.5. The maximum Gasteiger partial charge on any atom is 0.322 e. The van der Waals surface area contributed by atoms with Crippen molar-refractivity contribution < 1.29 is 34.2 Å². The third-order valence-electron chi connectivity index (χ3n) is 5.67. The van der Waals surface area contributed by atoms with Crippen LogP contribution in [0.15, 0.2) is 30.5 Å². The molecule has 1 heterocycles. The summed E-state index contributed by atoms with van der Waals surface area (Å²) in [6.45, 7) is 2.92. The van der Waals surface area contributed by atoms with Gasteiger partial charge < -0.3 is 36.9 Å². The number of amides is 3. The van der Waals surface area contributed by atoms with E-state index < -0.39 is 60.8 Å². The monoisotopic (exact) mass is 489 g/mol. The molecular formula is C23H31N5O7. The number of aliphatic carboxylic acids is 2. The molecule has 4 atom stereocenters. The van der Waals surface area contributed by atoms with E-state index in [9.17, 15) is 24.0 Å². The second kappa shape index (κ2) is 12.5. The van der Waals surface area contributed by atoms with Gasteiger partial charge in [-0.3, -0.25) is 24.0 Å². The van der Waals surface area contributed by atoms with Gasteiger partial charge in [0.05, 0.1) is 12.5 Å². The highest BCUT2D eigenvalue weighted by molar-refractivity contribution is 5.95. The summed E-state index contributed by atoms with van der Waals surface area (Å²) in [7, 11) is 0. The lowest BCUT2D eigenvalue weighted by molar-refractivity contribution is -0.140. The van der Waals surface area contributed by atoms with Crippen LogP contribution in [0.2, 0.25) is 0 Å². The molecule has 35 heavy (non-hydrogen) atoms. The van der Waals surface area contributed by atoms with Crippen molar-refractivity contribution in [1.82, 2.24) is 20.9 Å². The molecule has 12 nitrogen and oxygen atoms in total. The Morgan fingerprint density at radius 3 is 2.31 bits per heavy atom. The third kappa shape index (κ3) is 7.81. The largest absolute Gasteiger partial charge is 0.481 e. The second-order valence-electron chi connectivity index (χ2n) is 8.31. The van der Waals surface area contributed by atoms with Crippen LogP contribution in [0.5, 0.6) is 0 Å². The molecule has 0 fully saturated rings. The molecule has 0 saturated heterocycles. The maximum absolute atomic E-state index is 13.3. The Balaban J connectivity index is 2.29. The van der Waals surface area contributed by atoms with Gasteiger partial charge in [-0.25, -0.2) is 0 Å². The van der Waals surface area contributed by atoms with Crippen LogP contribution >= 0.6 is 0 Å². The van der Waals surface area contributed by atoms with Gasteiger partial charge in [-0.1, -0.05) is 38.5 Å². The highest BCUT2D eigenvalue weighted by Gasteiger charge is 2.31. The Labute approximate surface area is 201 Å². The normalized spacial score (nSPS) is 14.4. The molecule has 8 N–H and O–H groups in total. The van der Waals surface area contributed by atoms with Gasteiger partial charge in [0.15, 0.2) is 0 Å². The van der Waals surface area contributed by atoms with Crippen LogP contribution in [0.25, 0.3) is 10.9 Å². The van der Waals surface area contributed by atoms with Gasteiger partial charge in [-0.2, -0.15) is 0 Å². The molecule has 0 aliphatic carbocycles. The fourth-order valence-electron chi connectivity index (χ4n) is 3.52. The molecule has 12 heteroatoms. The first-order valence-electron chi connectivity index (χ1n) is 11.2. The number of hydrogen-bond acceptors (Lipinski definition) is 6. The lowest BCUT2D eigenvalue weighted by Crippen LogP contribution is -2.58. The smallest absolute Gasteiger partial charge is 0.322 e. The van der Waals surface area contributed by atoms with Gasteiger partial charge in [0.25, 0.3) is 0 Å². The van der Waals surface area contributed by atoms with Gasteiger partial charge in [-0.05, 0) is 17.5 Å². The number of aromatic amines is 1. The first-order valence-corrected chi connectivity index (χ1v) is 11.2. The summed E-state index contributed by atoms with van der Waals surface area (Å²) in [5, 5.41) is 26.0. The summed E-state index contributed by atoms with van der Waals surface area (Å²) in [4.78, 5) is 63.3. The lowest BCUT2D eigenvalue weighted by Gasteiger charge is -2.27. The predicted molar refractivity (Wildman–Crippen MR) is 126 cm³/mol. The van der Waals surface area contributed by atoms with E-state index in [1.807, 2.05) is 31.2 Å². The Kier molecular flexibility index (Phi) is 9.76. The van der Waals surface area contributed by atoms with Crippen molar-refractivity contribution in [3.8, 4) is 0 Å². The molecule has 2 rings (SSSR count). The molecule has 0 saturated carbocycles. The Morgan fingerprint density at radius 2 is 1.69 bits per heavy atom. The highest BCUT2D eigenvalue weighted by Crippen LogP contribution is 2.19. The SMILES string of the molecule is CCC(C)C(NC(=O)C(Cc1c[nH]c2ccccc12)NC(=O)C(N)CC(=O)O)C(=O)NCC(=O)O. The second-order valence-corrected chi connectivity index (χ2v) is 8.31. The molecule has 0 radical (unpaired) electrons. The predicted octanol–water partition coefficient (Wildman–Crippen LogP) is -0.271. The number of hydrogen-bond donors (Lipinski definition) is 7. The summed E-state index contributed by atoms with van der Waals surface area (Å²) in [6, 6.07) is 3.74. The summed E-state index contributed by atoms with van der Waals surface area (Å²) < 4.78 is 0. The number of carbonyl (C=O) groups excluding carboxylic acids is 3. The van der Waals surface area contributed by atoms with E-state index in [0.717, 1.165) is 10.9 Å². The van der Waals surface area contributed by atoms with Gasteiger partial charge in [-0.15, -0.1) is 0 Å². The van der Waals surface area contributed by atoms with Crippen LogP contribution in [-0.2, 0) is 30.4 Å². The van der Waals surface area contributed by atoms with E-state index in [4.69, 9.17) is 15.9 Å². The first kappa shape index (κ1) is 27.3. The molecule has 1 aromatic heterocycles. The zero-order valence-electron chi connectivity index (χ0n) is 19.5. The van der Waals surface area contributed by atoms with Crippen LogP contribution in [0, 0.1) is 5.92 Å². The minimum Gasteiger partial charge on any atom is -0.481 e. The van der Waals surface area contributed by atoms with E-state index in [1.54, 1.807) is 13.1 Å². The van der Waals surface area contributed by atoms with Crippen LogP contribution in [-0.4, -0.2) is 69.5 Å². The van der Waals surface area contributed by atoms with Gasteiger partial charge in [0, 0.05) is 23.5 Å². The summed E-state index contributed by atoms with van der Waals surface area (Å²) in [6.07, 6.45) is 1.61. The molecular weight excluding hydrogens is 458 g/mol. The Bertz CT molecular complexity index is 1080. The third-order valence-corrected chi connectivity index (χ3v) is 5.67.